The number of nitrogens with one attached hydrogen (secondary N) is 1. The SMILES string of the molecule is CC(Cn1cc(Cl)cn1)C(=O)Nc1c(F)c(F)cc(F)c1F. The molecule has 2 aromatic rings. The van der Waals surface area contributed by atoms with E-state index >= 15 is 0 Å². The van der Waals surface area contributed by atoms with E-state index in [0.29, 0.717) is 5.02 Å². The summed E-state index contributed by atoms with van der Waals surface area (Å²) in [5.41, 5.74) is -1.16. The normalized spacial score (nSPS) is 12.3. The lowest BCUT2D eigenvalue weighted by atomic mass is 10.1. The van der Waals surface area contributed by atoms with Gasteiger partial charge in [0.05, 0.1) is 23.7 Å². The van der Waals surface area contributed by atoms with E-state index in [9.17, 15) is 22.4 Å². The van der Waals surface area contributed by atoms with Crippen molar-refractivity contribution in [2.75, 3.05) is 5.32 Å². The van der Waals surface area contributed by atoms with Crippen molar-refractivity contribution in [3.63, 3.8) is 0 Å². The van der Waals surface area contributed by atoms with Gasteiger partial charge in [0.15, 0.2) is 23.3 Å². The van der Waals surface area contributed by atoms with Gasteiger partial charge < -0.3 is 5.32 Å². The maximum Gasteiger partial charge on any atom is 0.229 e. The maximum atomic E-state index is 13.5. The Morgan fingerprint density at radius 3 is 2.41 bits per heavy atom. The molecule has 1 atom stereocenters. The van der Waals surface area contributed by atoms with Crippen LogP contribution in [0.4, 0.5) is 23.2 Å². The fraction of sp³-hybridized carbons (Fsp3) is 0.231. The highest BCUT2D eigenvalue weighted by atomic mass is 35.5. The largest absolute Gasteiger partial charge is 0.321 e. The second-order valence-corrected chi connectivity index (χ2v) is 5.05. The molecule has 1 heterocycles. The van der Waals surface area contributed by atoms with Crippen LogP contribution < -0.4 is 5.32 Å². The van der Waals surface area contributed by atoms with Crippen LogP contribution in [0.25, 0.3) is 0 Å². The second-order valence-electron chi connectivity index (χ2n) is 4.61. The van der Waals surface area contributed by atoms with Crippen LogP contribution in [-0.4, -0.2) is 15.7 Å². The molecular formula is C13H10ClF4N3O. The Kier molecular flexibility index (Phi) is 4.70. The number of nitrogens with zero attached hydrogens (tertiary/aromatic N) is 2. The third-order valence-electron chi connectivity index (χ3n) is 2.87. The lowest BCUT2D eigenvalue weighted by Gasteiger charge is -2.13. The molecule has 0 saturated heterocycles. The van der Waals surface area contributed by atoms with Gasteiger partial charge in [0.25, 0.3) is 0 Å². The van der Waals surface area contributed by atoms with Gasteiger partial charge in [-0.3, -0.25) is 9.48 Å². The minimum atomic E-state index is -1.67. The first-order valence-corrected chi connectivity index (χ1v) is 6.49. The lowest BCUT2D eigenvalue weighted by Crippen LogP contribution is -2.26. The third kappa shape index (κ3) is 3.38. The molecule has 22 heavy (non-hydrogen) atoms. The molecule has 1 unspecified atom stereocenters. The van der Waals surface area contributed by atoms with E-state index in [1.807, 2.05) is 5.32 Å². The average molecular weight is 336 g/mol. The predicted molar refractivity (Wildman–Crippen MR) is 71.3 cm³/mol. The van der Waals surface area contributed by atoms with Gasteiger partial charge >= 0.3 is 0 Å². The summed E-state index contributed by atoms with van der Waals surface area (Å²) in [5, 5.41) is 6.05. The molecule has 0 aliphatic rings. The molecule has 9 heteroatoms. The number of hydrogen-bond acceptors (Lipinski definition) is 2. The average Bonchev–Trinajstić information content (AvgIpc) is 2.86. The minimum absolute atomic E-state index is 0.0650. The van der Waals surface area contributed by atoms with Crippen molar-refractivity contribution in [2.45, 2.75) is 13.5 Å². The molecule has 0 bridgehead atoms. The van der Waals surface area contributed by atoms with Gasteiger partial charge in [-0.15, -0.1) is 0 Å². The van der Waals surface area contributed by atoms with Crippen LogP contribution in [0, 0.1) is 29.2 Å². The van der Waals surface area contributed by atoms with Crippen LogP contribution in [-0.2, 0) is 11.3 Å². The van der Waals surface area contributed by atoms with Crippen LogP contribution in [0.1, 0.15) is 6.92 Å². The van der Waals surface area contributed by atoms with Crippen molar-refractivity contribution in [3.05, 3.63) is 46.8 Å². The number of carbonyl (C=O) groups excluding carboxylic acids is 1. The molecule has 0 spiro atoms. The van der Waals surface area contributed by atoms with Crippen molar-refractivity contribution in [1.29, 1.82) is 0 Å². The molecular weight excluding hydrogens is 326 g/mol. The van der Waals surface area contributed by atoms with Crippen molar-refractivity contribution in [3.8, 4) is 0 Å². The van der Waals surface area contributed by atoms with Gasteiger partial charge in [-0.1, -0.05) is 18.5 Å². The Labute approximate surface area is 127 Å². The first-order chi connectivity index (χ1) is 10.3. The van der Waals surface area contributed by atoms with Gasteiger partial charge in [0.1, 0.15) is 5.69 Å². The molecule has 0 aliphatic carbocycles. The van der Waals surface area contributed by atoms with Crippen LogP contribution in [0.15, 0.2) is 18.5 Å². The van der Waals surface area contributed by atoms with Crippen molar-refractivity contribution in [1.82, 2.24) is 9.78 Å². The van der Waals surface area contributed by atoms with Gasteiger partial charge in [-0.25, -0.2) is 17.6 Å². The summed E-state index contributed by atoms with van der Waals surface area (Å²) in [6.45, 7) is 1.52. The predicted octanol–water partition coefficient (Wildman–Crippen LogP) is 3.37. The first-order valence-electron chi connectivity index (χ1n) is 6.11. The number of aromatic nitrogens is 2. The van der Waals surface area contributed by atoms with Gasteiger partial charge in [0.2, 0.25) is 5.91 Å². The number of amides is 1. The summed E-state index contributed by atoms with van der Waals surface area (Å²) in [7, 11) is 0. The molecule has 0 radical (unpaired) electrons. The van der Waals surface area contributed by atoms with Gasteiger partial charge in [0, 0.05) is 12.3 Å². The van der Waals surface area contributed by atoms with Gasteiger partial charge in [-0.2, -0.15) is 5.10 Å². The summed E-state index contributed by atoms with van der Waals surface area (Å²) in [6, 6.07) is 0.0650. The molecule has 0 saturated carbocycles. The zero-order valence-electron chi connectivity index (χ0n) is 11.2. The van der Waals surface area contributed by atoms with Crippen LogP contribution in [0.2, 0.25) is 5.02 Å². The van der Waals surface area contributed by atoms with Crippen LogP contribution >= 0.6 is 11.6 Å². The van der Waals surface area contributed by atoms with E-state index < -0.39 is 40.8 Å². The first kappa shape index (κ1) is 16.3. The molecule has 0 fully saturated rings. The molecule has 0 aliphatic heterocycles. The van der Waals surface area contributed by atoms with Crippen molar-refractivity contribution >= 4 is 23.2 Å². The molecule has 118 valence electrons. The molecule has 1 amide bonds. The zero-order chi connectivity index (χ0) is 16.4. The molecule has 1 N–H and O–H groups in total. The Morgan fingerprint density at radius 2 is 1.91 bits per heavy atom. The molecule has 2 rings (SSSR count). The summed E-state index contributed by atoms with van der Waals surface area (Å²) < 4.78 is 54.4. The summed E-state index contributed by atoms with van der Waals surface area (Å²) in [6.07, 6.45) is 2.81. The monoisotopic (exact) mass is 335 g/mol. The van der Waals surface area contributed by atoms with E-state index in [4.69, 9.17) is 11.6 Å². The zero-order valence-corrected chi connectivity index (χ0v) is 12.0. The highest BCUT2D eigenvalue weighted by Crippen LogP contribution is 2.24. The highest BCUT2D eigenvalue weighted by molar-refractivity contribution is 6.30. The Morgan fingerprint density at radius 1 is 1.32 bits per heavy atom. The smallest absolute Gasteiger partial charge is 0.229 e. The Balaban J connectivity index is 2.15. The topological polar surface area (TPSA) is 46.9 Å². The third-order valence-corrected chi connectivity index (χ3v) is 3.07. The number of rotatable bonds is 4. The summed E-state index contributed by atoms with van der Waals surface area (Å²) >= 11 is 5.66. The van der Waals surface area contributed by atoms with E-state index in [2.05, 4.69) is 5.10 Å². The quantitative estimate of drug-likeness (QED) is 0.688. The summed E-state index contributed by atoms with van der Waals surface area (Å²) in [5.74, 6) is -8.12. The Bertz CT molecular complexity index is 693. The molecule has 1 aromatic heterocycles. The van der Waals surface area contributed by atoms with E-state index in [1.165, 1.54) is 24.0 Å². The fourth-order valence-electron chi connectivity index (χ4n) is 1.73. The van der Waals surface area contributed by atoms with Crippen LogP contribution in [0.5, 0.6) is 0 Å². The lowest BCUT2D eigenvalue weighted by molar-refractivity contribution is -0.119. The van der Waals surface area contributed by atoms with E-state index in [-0.39, 0.29) is 12.6 Å². The summed E-state index contributed by atoms with van der Waals surface area (Å²) in [4.78, 5) is 11.9. The number of halogens is 5. The fourth-order valence-corrected chi connectivity index (χ4v) is 1.89. The molecule has 1 aromatic carbocycles. The van der Waals surface area contributed by atoms with E-state index in [1.54, 1.807) is 0 Å². The van der Waals surface area contributed by atoms with E-state index in [0.717, 1.165) is 0 Å². The highest BCUT2D eigenvalue weighted by Gasteiger charge is 2.23. The number of benzene rings is 1. The van der Waals surface area contributed by atoms with Crippen molar-refractivity contribution < 1.29 is 22.4 Å². The van der Waals surface area contributed by atoms with Gasteiger partial charge in [-0.05, 0) is 0 Å². The number of carbonyl (C=O) groups is 1. The minimum Gasteiger partial charge on any atom is -0.321 e. The number of hydrogen-bond donors (Lipinski definition) is 1. The Hall–Kier alpha value is -2.09. The van der Waals surface area contributed by atoms with Crippen molar-refractivity contribution in [2.24, 2.45) is 5.92 Å². The standard InChI is InChI=1S/C13H10ClF4N3O/c1-6(4-21-5-7(14)3-19-21)13(22)20-12-10(17)8(15)2-9(16)11(12)18/h2-3,5-6H,4H2,1H3,(H,20,22). The van der Waals surface area contributed by atoms with Crippen LogP contribution in [0.3, 0.4) is 0 Å². The second kappa shape index (κ2) is 6.35. The molecule has 4 nitrogen and oxygen atoms in total. The maximum absolute atomic E-state index is 13.5. The number of anilines is 1.